The number of hydrogen-bond donors (Lipinski definition) is 1. The fraction of sp³-hybridized carbons (Fsp3) is 0.562. The lowest BCUT2D eigenvalue weighted by Crippen LogP contribution is -2.39. The Morgan fingerprint density at radius 3 is 2.43 bits per heavy atom. The number of carbonyl (C=O) groups excluding carboxylic acids is 1. The van der Waals surface area contributed by atoms with E-state index in [-0.39, 0.29) is 12.0 Å². The summed E-state index contributed by atoms with van der Waals surface area (Å²) in [4.78, 5) is 11.8. The fourth-order valence-corrected chi connectivity index (χ4v) is 1.83. The predicted octanol–water partition coefficient (Wildman–Crippen LogP) is 2.40. The van der Waals surface area contributed by atoms with Gasteiger partial charge < -0.3 is 19.5 Å². The van der Waals surface area contributed by atoms with Crippen molar-refractivity contribution in [3.8, 4) is 11.5 Å². The van der Waals surface area contributed by atoms with Crippen LogP contribution in [0.3, 0.4) is 0 Å². The van der Waals surface area contributed by atoms with Crippen molar-refractivity contribution in [1.82, 2.24) is 5.32 Å². The molecule has 118 valence electrons. The Morgan fingerprint density at radius 1 is 1.19 bits per heavy atom. The van der Waals surface area contributed by atoms with Crippen molar-refractivity contribution in [3.63, 3.8) is 0 Å². The lowest BCUT2D eigenvalue weighted by Gasteiger charge is -2.17. The molecule has 0 spiro atoms. The molecule has 0 aromatic heterocycles. The molecule has 0 aliphatic heterocycles. The molecular formula is C16H25NO4. The molecule has 21 heavy (non-hydrogen) atoms. The van der Waals surface area contributed by atoms with Gasteiger partial charge in [-0.1, -0.05) is 6.92 Å². The van der Waals surface area contributed by atoms with Crippen LogP contribution in [0.1, 0.15) is 26.7 Å². The Bertz CT molecular complexity index is 405. The summed E-state index contributed by atoms with van der Waals surface area (Å²) >= 11 is 0. The van der Waals surface area contributed by atoms with Crippen LogP contribution in [-0.4, -0.2) is 38.9 Å². The molecule has 0 aliphatic carbocycles. The molecule has 1 aromatic carbocycles. The molecular weight excluding hydrogens is 270 g/mol. The zero-order chi connectivity index (χ0) is 15.5. The first-order chi connectivity index (χ1) is 10.2. The maximum Gasteiger partial charge on any atom is 0.323 e. The molecule has 0 radical (unpaired) electrons. The SMILES string of the molecule is CCCNC(CCOc1ccc(OC)cc1)C(=O)OCC. The molecule has 5 heteroatoms. The monoisotopic (exact) mass is 295 g/mol. The van der Waals surface area contributed by atoms with Crippen molar-refractivity contribution in [2.24, 2.45) is 0 Å². The first kappa shape index (κ1) is 17.3. The van der Waals surface area contributed by atoms with E-state index in [1.165, 1.54) is 0 Å². The summed E-state index contributed by atoms with van der Waals surface area (Å²) in [6.07, 6.45) is 1.54. The van der Waals surface area contributed by atoms with E-state index in [0.717, 1.165) is 24.5 Å². The first-order valence-corrected chi connectivity index (χ1v) is 7.38. The Kier molecular flexibility index (Phi) is 8.28. The lowest BCUT2D eigenvalue weighted by atomic mass is 10.2. The molecule has 0 aliphatic rings. The van der Waals surface area contributed by atoms with Gasteiger partial charge in [0.2, 0.25) is 0 Å². The highest BCUT2D eigenvalue weighted by Gasteiger charge is 2.18. The first-order valence-electron chi connectivity index (χ1n) is 7.38. The molecule has 0 fully saturated rings. The van der Waals surface area contributed by atoms with Gasteiger partial charge in [-0.3, -0.25) is 4.79 Å². The summed E-state index contributed by atoms with van der Waals surface area (Å²) in [6, 6.07) is 7.05. The zero-order valence-electron chi connectivity index (χ0n) is 13.1. The number of nitrogens with one attached hydrogen (secondary N) is 1. The van der Waals surface area contributed by atoms with Gasteiger partial charge in [-0.15, -0.1) is 0 Å². The van der Waals surface area contributed by atoms with E-state index in [2.05, 4.69) is 12.2 Å². The number of methoxy groups -OCH3 is 1. The molecule has 1 atom stereocenters. The average Bonchev–Trinajstić information content (AvgIpc) is 2.51. The maximum atomic E-state index is 11.8. The zero-order valence-corrected chi connectivity index (χ0v) is 13.1. The second-order valence-corrected chi connectivity index (χ2v) is 4.57. The number of hydrogen-bond acceptors (Lipinski definition) is 5. The summed E-state index contributed by atoms with van der Waals surface area (Å²) in [7, 11) is 1.62. The average molecular weight is 295 g/mol. The number of ether oxygens (including phenoxy) is 3. The van der Waals surface area contributed by atoms with Gasteiger partial charge in [0, 0.05) is 6.42 Å². The number of rotatable bonds is 10. The van der Waals surface area contributed by atoms with Crippen molar-refractivity contribution >= 4 is 5.97 Å². The van der Waals surface area contributed by atoms with Gasteiger partial charge in [0.15, 0.2) is 0 Å². The van der Waals surface area contributed by atoms with Crippen molar-refractivity contribution in [2.45, 2.75) is 32.7 Å². The van der Waals surface area contributed by atoms with Crippen LogP contribution < -0.4 is 14.8 Å². The van der Waals surface area contributed by atoms with E-state index in [4.69, 9.17) is 14.2 Å². The number of esters is 1. The molecule has 1 aromatic rings. The lowest BCUT2D eigenvalue weighted by molar-refractivity contribution is -0.146. The molecule has 5 nitrogen and oxygen atoms in total. The van der Waals surface area contributed by atoms with Gasteiger partial charge in [-0.2, -0.15) is 0 Å². The van der Waals surface area contributed by atoms with E-state index in [0.29, 0.717) is 19.6 Å². The standard InChI is InChI=1S/C16H25NO4/c1-4-11-17-15(16(18)20-5-2)10-12-21-14-8-6-13(19-3)7-9-14/h6-9,15,17H,4-5,10-12H2,1-3H3. The van der Waals surface area contributed by atoms with Crippen molar-refractivity contribution in [1.29, 1.82) is 0 Å². The summed E-state index contributed by atoms with van der Waals surface area (Å²) in [5.41, 5.74) is 0. The highest BCUT2D eigenvalue weighted by atomic mass is 16.5. The van der Waals surface area contributed by atoms with Gasteiger partial charge in [-0.25, -0.2) is 0 Å². The minimum atomic E-state index is -0.317. The van der Waals surface area contributed by atoms with E-state index < -0.39 is 0 Å². The van der Waals surface area contributed by atoms with Gasteiger partial charge in [0.05, 0.1) is 20.3 Å². The second kappa shape index (κ2) is 10.0. The van der Waals surface area contributed by atoms with Crippen LogP contribution in [0.25, 0.3) is 0 Å². The third-order valence-electron chi connectivity index (χ3n) is 2.95. The predicted molar refractivity (Wildman–Crippen MR) is 81.8 cm³/mol. The van der Waals surface area contributed by atoms with Crippen LogP contribution in [0.2, 0.25) is 0 Å². The Balaban J connectivity index is 2.42. The number of carbonyl (C=O) groups is 1. The van der Waals surface area contributed by atoms with Crippen molar-refractivity contribution in [3.05, 3.63) is 24.3 Å². The number of benzene rings is 1. The van der Waals surface area contributed by atoms with E-state index in [9.17, 15) is 4.79 Å². The summed E-state index contributed by atoms with van der Waals surface area (Å²) in [5, 5.41) is 3.18. The normalized spacial score (nSPS) is 11.8. The second-order valence-electron chi connectivity index (χ2n) is 4.57. The van der Waals surface area contributed by atoms with Crippen molar-refractivity contribution in [2.75, 3.05) is 26.9 Å². The largest absolute Gasteiger partial charge is 0.497 e. The van der Waals surface area contributed by atoms with Gasteiger partial charge in [0.1, 0.15) is 17.5 Å². The quantitative estimate of drug-likeness (QED) is 0.672. The highest BCUT2D eigenvalue weighted by molar-refractivity contribution is 5.75. The van der Waals surface area contributed by atoms with Gasteiger partial charge in [0.25, 0.3) is 0 Å². The van der Waals surface area contributed by atoms with Crippen LogP contribution in [-0.2, 0) is 9.53 Å². The Hall–Kier alpha value is -1.75. The smallest absolute Gasteiger partial charge is 0.323 e. The van der Waals surface area contributed by atoms with Gasteiger partial charge >= 0.3 is 5.97 Å². The van der Waals surface area contributed by atoms with Crippen LogP contribution in [0.15, 0.2) is 24.3 Å². The molecule has 0 heterocycles. The minimum Gasteiger partial charge on any atom is -0.497 e. The van der Waals surface area contributed by atoms with E-state index >= 15 is 0 Å². The maximum absolute atomic E-state index is 11.8. The molecule has 0 saturated carbocycles. The molecule has 1 unspecified atom stereocenters. The molecule has 1 rings (SSSR count). The van der Waals surface area contributed by atoms with Gasteiger partial charge in [-0.05, 0) is 44.2 Å². The molecule has 1 N–H and O–H groups in total. The molecule has 0 amide bonds. The highest BCUT2D eigenvalue weighted by Crippen LogP contribution is 2.17. The van der Waals surface area contributed by atoms with Crippen LogP contribution in [0, 0.1) is 0 Å². The third kappa shape index (κ3) is 6.49. The molecule has 0 bridgehead atoms. The fourth-order valence-electron chi connectivity index (χ4n) is 1.83. The van der Waals surface area contributed by atoms with Crippen LogP contribution in [0.4, 0.5) is 0 Å². The Morgan fingerprint density at radius 2 is 1.86 bits per heavy atom. The third-order valence-corrected chi connectivity index (χ3v) is 2.95. The topological polar surface area (TPSA) is 56.8 Å². The molecule has 0 saturated heterocycles. The Labute approximate surface area is 126 Å². The summed E-state index contributed by atoms with van der Waals surface area (Å²) < 4.78 is 15.8. The van der Waals surface area contributed by atoms with E-state index in [1.807, 2.05) is 31.2 Å². The minimum absolute atomic E-state index is 0.218. The van der Waals surface area contributed by atoms with E-state index in [1.54, 1.807) is 7.11 Å². The summed E-state index contributed by atoms with van der Waals surface area (Å²) in [5.74, 6) is 1.33. The van der Waals surface area contributed by atoms with Crippen LogP contribution >= 0.6 is 0 Å². The summed E-state index contributed by atoms with van der Waals surface area (Å²) in [6.45, 7) is 5.49. The van der Waals surface area contributed by atoms with Crippen molar-refractivity contribution < 1.29 is 19.0 Å². The van der Waals surface area contributed by atoms with Crippen LogP contribution in [0.5, 0.6) is 11.5 Å².